The number of hydrogen-bond acceptors (Lipinski definition) is 2. The van der Waals surface area contributed by atoms with E-state index in [0.717, 1.165) is 15.9 Å². The van der Waals surface area contributed by atoms with E-state index in [1.165, 1.54) is 18.2 Å². The number of hydrogen-bond donors (Lipinski definition) is 0. The van der Waals surface area contributed by atoms with Crippen molar-refractivity contribution in [1.29, 1.82) is 0 Å². The number of ketones is 1. The number of nitrogens with zero attached hydrogens (tertiary/aromatic N) is 2. The Morgan fingerprint density at radius 2 is 2.17 bits per heavy atom. The summed E-state index contributed by atoms with van der Waals surface area (Å²) in [6, 6.07) is 5.69. The lowest BCUT2D eigenvalue weighted by Crippen LogP contribution is -2.13. The van der Waals surface area contributed by atoms with E-state index >= 15 is 0 Å². The third-order valence-electron chi connectivity index (χ3n) is 2.73. The first-order valence-electron chi connectivity index (χ1n) is 5.47. The highest BCUT2D eigenvalue weighted by Gasteiger charge is 2.13. The number of Topliss-reactive ketones (excluding diaryl/α,β-unsaturated/α-hetero) is 1. The van der Waals surface area contributed by atoms with Crippen LogP contribution in [0.15, 0.2) is 28.7 Å². The first-order chi connectivity index (χ1) is 8.49. The van der Waals surface area contributed by atoms with E-state index in [1.807, 2.05) is 13.8 Å². The quantitative estimate of drug-likeness (QED) is 0.815. The lowest BCUT2D eigenvalue weighted by atomic mass is 10.1. The van der Waals surface area contributed by atoms with Crippen LogP contribution >= 0.6 is 15.9 Å². The van der Waals surface area contributed by atoms with E-state index in [9.17, 15) is 9.18 Å². The Kier molecular flexibility index (Phi) is 3.61. The number of benzene rings is 1. The molecule has 0 fully saturated rings. The van der Waals surface area contributed by atoms with Gasteiger partial charge in [-0.3, -0.25) is 9.48 Å². The van der Waals surface area contributed by atoms with Crippen LogP contribution in [0.2, 0.25) is 0 Å². The number of rotatable bonds is 3. The van der Waals surface area contributed by atoms with Crippen LogP contribution in [0.1, 0.15) is 21.7 Å². The number of halogens is 2. The lowest BCUT2D eigenvalue weighted by Gasteiger charge is -2.04. The molecule has 2 rings (SSSR count). The second-order valence-electron chi connectivity index (χ2n) is 4.08. The molecule has 5 heteroatoms. The van der Waals surface area contributed by atoms with Crippen LogP contribution in [0, 0.1) is 19.7 Å². The SMILES string of the molecule is Cc1nn(CC(=O)c2cccc(F)c2)c(C)c1Br. The zero-order valence-electron chi connectivity index (χ0n) is 10.1. The Morgan fingerprint density at radius 1 is 1.44 bits per heavy atom. The molecule has 1 aromatic carbocycles. The maximum atomic E-state index is 13.0. The summed E-state index contributed by atoms with van der Waals surface area (Å²) in [4.78, 5) is 12.0. The summed E-state index contributed by atoms with van der Waals surface area (Å²) in [5.41, 5.74) is 2.08. The first-order valence-corrected chi connectivity index (χ1v) is 6.26. The van der Waals surface area contributed by atoms with Crippen molar-refractivity contribution in [3.05, 3.63) is 51.5 Å². The monoisotopic (exact) mass is 310 g/mol. The van der Waals surface area contributed by atoms with Crippen LogP contribution in [0.3, 0.4) is 0 Å². The van der Waals surface area contributed by atoms with Crippen molar-refractivity contribution in [2.24, 2.45) is 0 Å². The number of carbonyl (C=O) groups excluding carboxylic acids is 1. The molecule has 0 N–H and O–H groups in total. The highest BCUT2D eigenvalue weighted by atomic mass is 79.9. The molecular formula is C13H12BrFN2O. The van der Waals surface area contributed by atoms with E-state index in [4.69, 9.17) is 0 Å². The highest BCUT2D eigenvalue weighted by Crippen LogP contribution is 2.20. The van der Waals surface area contributed by atoms with Crippen molar-refractivity contribution in [2.45, 2.75) is 20.4 Å². The van der Waals surface area contributed by atoms with Crippen LogP contribution in [0.25, 0.3) is 0 Å². The topological polar surface area (TPSA) is 34.9 Å². The Morgan fingerprint density at radius 3 is 2.72 bits per heavy atom. The molecule has 94 valence electrons. The Bertz CT molecular complexity index is 607. The molecular weight excluding hydrogens is 299 g/mol. The molecule has 0 aliphatic rings. The van der Waals surface area contributed by atoms with Crippen LogP contribution in [0.5, 0.6) is 0 Å². The highest BCUT2D eigenvalue weighted by molar-refractivity contribution is 9.10. The van der Waals surface area contributed by atoms with Crippen LogP contribution in [-0.4, -0.2) is 15.6 Å². The lowest BCUT2D eigenvalue weighted by molar-refractivity contribution is 0.0966. The Hall–Kier alpha value is -1.49. The van der Waals surface area contributed by atoms with E-state index in [0.29, 0.717) is 5.56 Å². The van der Waals surface area contributed by atoms with E-state index in [1.54, 1.807) is 10.7 Å². The van der Waals surface area contributed by atoms with Gasteiger partial charge in [-0.15, -0.1) is 0 Å². The minimum atomic E-state index is -0.407. The number of carbonyl (C=O) groups is 1. The standard InChI is InChI=1S/C13H12BrFN2O/c1-8-13(14)9(2)17(16-8)7-12(18)10-4-3-5-11(15)6-10/h3-6H,7H2,1-2H3. The molecule has 0 spiro atoms. The minimum absolute atomic E-state index is 0.113. The summed E-state index contributed by atoms with van der Waals surface area (Å²) in [6.45, 7) is 3.85. The van der Waals surface area contributed by atoms with Gasteiger partial charge in [0.15, 0.2) is 5.78 Å². The van der Waals surface area contributed by atoms with E-state index < -0.39 is 5.82 Å². The molecule has 0 bridgehead atoms. The molecule has 2 aromatic rings. The van der Waals surface area contributed by atoms with Crippen LogP contribution in [-0.2, 0) is 6.54 Å². The molecule has 1 aromatic heterocycles. The second-order valence-corrected chi connectivity index (χ2v) is 4.87. The predicted octanol–water partition coefficient (Wildman–Crippen LogP) is 3.28. The predicted molar refractivity (Wildman–Crippen MR) is 70.1 cm³/mol. The van der Waals surface area contributed by atoms with Crippen LogP contribution < -0.4 is 0 Å². The molecule has 0 aliphatic carbocycles. The van der Waals surface area contributed by atoms with Gasteiger partial charge in [0.2, 0.25) is 0 Å². The third-order valence-corrected chi connectivity index (χ3v) is 3.88. The van der Waals surface area contributed by atoms with Crippen LogP contribution in [0.4, 0.5) is 4.39 Å². The summed E-state index contributed by atoms with van der Waals surface area (Å²) in [5.74, 6) is -0.567. The van der Waals surface area contributed by atoms with Crippen molar-refractivity contribution in [3.8, 4) is 0 Å². The van der Waals surface area contributed by atoms with Gasteiger partial charge in [-0.1, -0.05) is 12.1 Å². The van der Waals surface area contributed by atoms with Gasteiger partial charge in [0, 0.05) is 5.56 Å². The minimum Gasteiger partial charge on any atom is -0.292 e. The summed E-state index contributed by atoms with van der Waals surface area (Å²) < 4.78 is 15.5. The van der Waals surface area contributed by atoms with Crippen molar-refractivity contribution in [1.82, 2.24) is 9.78 Å². The fourth-order valence-corrected chi connectivity index (χ4v) is 2.00. The normalized spacial score (nSPS) is 10.7. The largest absolute Gasteiger partial charge is 0.292 e. The van der Waals surface area contributed by atoms with Gasteiger partial charge in [0.1, 0.15) is 12.4 Å². The zero-order valence-corrected chi connectivity index (χ0v) is 11.7. The maximum Gasteiger partial charge on any atom is 0.184 e. The van der Waals surface area contributed by atoms with Crippen molar-refractivity contribution in [3.63, 3.8) is 0 Å². The molecule has 0 radical (unpaired) electrons. The number of aromatic nitrogens is 2. The summed E-state index contributed by atoms with van der Waals surface area (Å²) >= 11 is 3.40. The smallest absolute Gasteiger partial charge is 0.184 e. The van der Waals surface area contributed by atoms with Gasteiger partial charge in [-0.2, -0.15) is 5.10 Å². The first kappa shape index (κ1) is 13.0. The molecule has 0 aliphatic heterocycles. The van der Waals surface area contributed by atoms with Crippen molar-refractivity contribution in [2.75, 3.05) is 0 Å². The Balaban J connectivity index is 2.24. The molecule has 18 heavy (non-hydrogen) atoms. The fraction of sp³-hybridized carbons (Fsp3) is 0.231. The third kappa shape index (κ3) is 2.51. The Labute approximate surface area is 113 Å². The molecule has 3 nitrogen and oxygen atoms in total. The van der Waals surface area contributed by atoms with Gasteiger partial charge in [0.05, 0.1) is 15.9 Å². The maximum absolute atomic E-state index is 13.0. The average molecular weight is 311 g/mol. The van der Waals surface area contributed by atoms with Gasteiger partial charge < -0.3 is 0 Å². The van der Waals surface area contributed by atoms with Gasteiger partial charge in [-0.05, 0) is 41.9 Å². The van der Waals surface area contributed by atoms with Gasteiger partial charge >= 0.3 is 0 Å². The fourth-order valence-electron chi connectivity index (χ4n) is 1.72. The molecule has 0 amide bonds. The van der Waals surface area contributed by atoms with Crippen molar-refractivity contribution >= 4 is 21.7 Å². The number of aryl methyl sites for hydroxylation is 1. The van der Waals surface area contributed by atoms with Crippen molar-refractivity contribution < 1.29 is 9.18 Å². The summed E-state index contributed by atoms with van der Waals surface area (Å²) in [7, 11) is 0. The molecule has 1 heterocycles. The zero-order chi connectivity index (χ0) is 13.3. The van der Waals surface area contributed by atoms with Gasteiger partial charge in [0.25, 0.3) is 0 Å². The molecule has 0 unspecified atom stereocenters. The molecule has 0 atom stereocenters. The molecule has 0 saturated carbocycles. The second kappa shape index (κ2) is 5.02. The summed E-state index contributed by atoms with van der Waals surface area (Å²) in [5, 5.41) is 4.25. The van der Waals surface area contributed by atoms with Gasteiger partial charge in [-0.25, -0.2) is 4.39 Å². The summed E-state index contributed by atoms with van der Waals surface area (Å²) in [6.07, 6.45) is 0. The average Bonchev–Trinajstić information content (AvgIpc) is 2.57. The van der Waals surface area contributed by atoms with E-state index in [-0.39, 0.29) is 12.3 Å². The van der Waals surface area contributed by atoms with E-state index in [2.05, 4.69) is 21.0 Å². The molecule has 0 saturated heterocycles.